The maximum Gasteiger partial charge on any atom is 0.317 e. The summed E-state index contributed by atoms with van der Waals surface area (Å²) in [6.07, 6.45) is 0.193. The van der Waals surface area contributed by atoms with Crippen molar-refractivity contribution >= 4 is 11.9 Å². The van der Waals surface area contributed by atoms with Crippen LogP contribution in [0, 0.1) is 0 Å². The number of carbonyl (C=O) groups is 2. The summed E-state index contributed by atoms with van der Waals surface area (Å²) in [6, 6.07) is 7.86. The fourth-order valence-corrected chi connectivity index (χ4v) is 2.05. The standard InChI is InChI=1S/C18H28N2O4/c1-13(2)20(11-18(22)23)10-17(21)19-9-15-5-7-16(8-6-15)12-24-14(3)4/h5-8,13-14H,9-12H2,1-4H3,(H,19,21)(H,22,23). The Morgan fingerprint density at radius 3 is 2.17 bits per heavy atom. The van der Waals surface area contributed by atoms with Crippen LogP contribution in [0.5, 0.6) is 0 Å². The van der Waals surface area contributed by atoms with E-state index in [0.29, 0.717) is 13.2 Å². The average molecular weight is 336 g/mol. The number of nitrogens with one attached hydrogen (secondary N) is 1. The molecule has 0 aromatic heterocycles. The van der Waals surface area contributed by atoms with E-state index in [-0.39, 0.29) is 31.1 Å². The average Bonchev–Trinajstić information content (AvgIpc) is 2.50. The number of hydrogen-bond acceptors (Lipinski definition) is 4. The van der Waals surface area contributed by atoms with Gasteiger partial charge in [0.2, 0.25) is 5.91 Å². The topological polar surface area (TPSA) is 78.9 Å². The summed E-state index contributed by atoms with van der Waals surface area (Å²) in [7, 11) is 0. The van der Waals surface area contributed by atoms with Gasteiger partial charge >= 0.3 is 5.97 Å². The predicted octanol–water partition coefficient (Wildman–Crippen LogP) is 2.02. The van der Waals surface area contributed by atoms with Crippen LogP contribution in [0.1, 0.15) is 38.8 Å². The van der Waals surface area contributed by atoms with Crippen molar-refractivity contribution in [2.24, 2.45) is 0 Å². The normalized spacial score (nSPS) is 11.3. The minimum Gasteiger partial charge on any atom is -0.480 e. The van der Waals surface area contributed by atoms with Gasteiger partial charge in [0, 0.05) is 12.6 Å². The van der Waals surface area contributed by atoms with Gasteiger partial charge in [0.05, 0.1) is 25.8 Å². The number of carboxylic acids is 1. The summed E-state index contributed by atoms with van der Waals surface area (Å²) in [6.45, 7) is 8.65. The number of nitrogens with zero attached hydrogens (tertiary/aromatic N) is 1. The summed E-state index contributed by atoms with van der Waals surface area (Å²) < 4.78 is 5.54. The van der Waals surface area contributed by atoms with E-state index in [4.69, 9.17) is 9.84 Å². The molecule has 0 aliphatic heterocycles. The zero-order chi connectivity index (χ0) is 18.1. The van der Waals surface area contributed by atoms with Crippen molar-refractivity contribution in [1.29, 1.82) is 0 Å². The van der Waals surface area contributed by atoms with Crippen LogP contribution in [0.25, 0.3) is 0 Å². The number of amides is 1. The number of benzene rings is 1. The van der Waals surface area contributed by atoms with Gasteiger partial charge in [0.25, 0.3) is 0 Å². The van der Waals surface area contributed by atoms with Crippen molar-refractivity contribution < 1.29 is 19.4 Å². The Morgan fingerprint density at radius 2 is 1.67 bits per heavy atom. The third-order valence-corrected chi connectivity index (χ3v) is 3.51. The molecule has 0 aliphatic carbocycles. The van der Waals surface area contributed by atoms with E-state index in [2.05, 4.69) is 5.32 Å². The summed E-state index contributed by atoms with van der Waals surface area (Å²) in [5, 5.41) is 11.7. The highest BCUT2D eigenvalue weighted by atomic mass is 16.5. The van der Waals surface area contributed by atoms with Crippen LogP contribution in [-0.2, 0) is 27.5 Å². The fourth-order valence-electron chi connectivity index (χ4n) is 2.05. The highest BCUT2D eigenvalue weighted by molar-refractivity contribution is 5.79. The van der Waals surface area contributed by atoms with Crippen LogP contribution < -0.4 is 5.32 Å². The second-order valence-electron chi connectivity index (χ2n) is 6.35. The maximum atomic E-state index is 12.0. The molecule has 0 fully saturated rings. The van der Waals surface area contributed by atoms with E-state index < -0.39 is 5.97 Å². The van der Waals surface area contributed by atoms with Crippen LogP contribution in [0.4, 0.5) is 0 Å². The van der Waals surface area contributed by atoms with Crippen molar-refractivity contribution in [3.05, 3.63) is 35.4 Å². The molecule has 0 unspecified atom stereocenters. The first-order valence-corrected chi connectivity index (χ1v) is 8.20. The van der Waals surface area contributed by atoms with Gasteiger partial charge in [-0.3, -0.25) is 14.5 Å². The third-order valence-electron chi connectivity index (χ3n) is 3.51. The van der Waals surface area contributed by atoms with Crippen LogP contribution in [0.3, 0.4) is 0 Å². The zero-order valence-corrected chi connectivity index (χ0v) is 14.9. The number of ether oxygens (including phenoxy) is 1. The third kappa shape index (κ3) is 8.08. The lowest BCUT2D eigenvalue weighted by atomic mass is 10.1. The molecule has 0 radical (unpaired) electrons. The Bertz CT molecular complexity index is 526. The molecule has 2 N–H and O–H groups in total. The van der Waals surface area contributed by atoms with Crippen molar-refractivity contribution in [2.45, 2.75) is 53.0 Å². The lowest BCUT2D eigenvalue weighted by molar-refractivity contribution is -0.139. The molecule has 134 valence electrons. The van der Waals surface area contributed by atoms with E-state index in [1.807, 2.05) is 52.0 Å². The lowest BCUT2D eigenvalue weighted by Crippen LogP contribution is -2.43. The van der Waals surface area contributed by atoms with Crippen LogP contribution in [-0.4, -0.2) is 47.1 Å². The minimum atomic E-state index is -0.935. The lowest BCUT2D eigenvalue weighted by Gasteiger charge is -2.23. The van der Waals surface area contributed by atoms with E-state index in [1.54, 1.807) is 4.90 Å². The first-order chi connectivity index (χ1) is 11.3. The Labute approximate surface area is 143 Å². The smallest absolute Gasteiger partial charge is 0.317 e. The van der Waals surface area contributed by atoms with Gasteiger partial charge in [-0.25, -0.2) is 0 Å². The number of aliphatic carboxylic acids is 1. The van der Waals surface area contributed by atoms with E-state index in [0.717, 1.165) is 11.1 Å². The van der Waals surface area contributed by atoms with Crippen molar-refractivity contribution in [3.8, 4) is 0 Å². The van der Waals surface area contributed by atoms with Gasteiger partial charge < -0.3 is 15.2 Å². The number of hydrogen-bond donors (Lipinski definition) is 2. The molecule has 0 saturated carbocycles. The summed E-state index contributed by atoms with van der Waals surface area (Å²) in [5.74, 6) is -1.12. The molecule has 24 heavy (non-hydrogen) atoms. The van der Waals surface area contributed by atoms with Gasteiger partial charge in [-0.05, 0) is 38.8 Å². The molecule has 0 heterocycles. The molecule has 1 rings (SSSR count). The Morgan fingerprint density at radius 1 is 1.08 bits per heavy atom. The molecule has 1 amide bonds. The first kappa shape index (κ1) is 20.1. The predicted molar refractivity (Wildman–Crippen MR) is 92.6 cm³/mol. The zero-order valence-electron chi connectivity index (χ0n) is 14.9. The molecule has 0 aliphatic rings. The highest BCUT2D eigenvalue weighted by Crippen LogP contribution is 2.07. The van der Waals surface area contributed by atoms with Gasteiger partial charge in [-0.2, -0.15) is 0 Å². The second kappa shape index (κ2) is 10.1. The van der Waals surface area contributed by atoms with E-state index in [9.17, 15) is 9.59 Å². The van der Waals surface area contributed by atoms with E-state index >= 15 is 0 Å². The number of rotatable bonds is 10. The number of carbonyl (C=O) groups excluding carboxylic acids is 1. The Hall–Kier alpha value is -1.92. The molecule has 6 heteroatoms. The molecule has 0 atom stereocenters. The van der Waals surface area contributed by atoms with Crippen molar-refractivity contribution in [1.82, 2.24) is 10.2 Å². The highest BCUT2D eigenvalue weighted by Gasteiger charge is 2.16. The summed E-state index contributed by atoms with van der Waals surface area (Å²) in [5.41, 5.74) is 2.08. The quantitative estimate of drug-likeness (QED) is 0.683. The molecule has 6 nitrogen and oxygen atoms in total. The second-order valence-corrected chi connectivity index (χ2v) is 6.35. The Kier molecular flexibility index (Phi) is 8.43. The molecule has 0 saturated heterocycles. The summed E-state index contributed by atoms with van der Waals surface area (Å²) >= 11 is 0. The van der Waals surface area contributed by atoms with Crippen LogP contribution in [0.15, 0.2) is 24.3 Å². The molecule has 0 bridgehead atoms. The fraction of sp³-hybridized carbons (Fsp3) is 0.556. The largest absolute Gasteiger partial charge is 0.480 e. The molecular formula is C18H28N2O4. The molecular weight excluding hydrogens is 308 g/mol. The maximum absolute atomic E-state index is 12.0. The van der Waals surface area contributed by atoms with Crippen molar-refractivity contribution in [2.75, 3.05) is 13.1 Å². The number of carboxylic acid groups (broad SMARTS) is 1. The van der Waals surface area contributed by atoms with Gasteiger partial charge in [-0.15, -0.1) is 0 Å². The monoisotopic (exact) mass is 336 g/mol. The van der Waals surface area contributed by atoms with Gasteiger partial charge in [0.1, 0.15) is 0 Å². The Balaban J connectivity index is 2.44. The van der Waals surface area contributed by atoms with Crippen molar-refractivity contribution in [3.63, 3.8) is 0 Å². The van der Waals surface area contributed by atoms with Gasteiger partial charge in [0.15, 0.2) is 0 Å². The molecule has 1 aromatic carbocycles. The summed E-state index contributed by atoms with van der Waals surface area (Å²) in [4.78, 5) is 24.4. The SMILES string of the molecule is CC(C)OCc1ccc(CNC(=O)CN(CC(=O)O)C(C)C)cc1. The molecule has 1 aromatic rings. The van der Waals surface area contributed by atoms with E-state index in [1.165, 1.54) is 0 Å². The van der Waals surface area contributed by atoms with Crippen LogP contribution in [0.2, 0.25) is 0 Å². The van der Waals surface area contributed by atoms with Crippen LogP contribution >= 0.6 is 0 Å². The first-order valence-electron chi connectivity index (χ1n) is 8.20. The minimum absolute atomic E-state index is 0.00732. The van der Waals surface area contributed by atoms with Gasteiger partial charge in [-0.1, -0.05) is 24.3 Å². The molecule has 0 spiro atoms.